The van der Waals surface area contributed by atoms with Crippen LogP contribution in [0.5, 0.6) is 0 Å². The van der Waals surface area contributed by atoms with Gasteiger partial charge < -0.3 is 5.32 Å². The van der Waals surface area contributed by atoms with Crippen molar-refractivity contribution in [1.29, 1.82) is 0 Å². The maximum Gasteiger partial charge on any atom is 0.248 e. The van der Waals surface area contributed by atoms with Crippen molar-refractivity contribution in [1.82, 2.24) is 20.2 Å². The standard InChI is InChI=1S/C15H11FIN5O/c16-11-3-1-10(2-4-11)15-19-21-22(20-15)9-14(23)18-13-7-5-12(17)6-8-13/h1-8H,9H2,(H,18,23). The average Bonchev–Trinajstić information content (AvgIpc) is 2.98. The Labute approximate surface area is 144 Å². The van der Waals surface area contributed by atoms with E-state index in [0.717, 1.165) is 3.57 Å². The third-order valence-corrected chi connectivity index (χ3v) is 3.69. The Morgan fingerprint density at radius 3 is 2.52 bits per heavy atom. The smallest absolute Gasteiger partial charge is 0.248 e. The van der Waals surface area contributed by atoms with E-state index in [1.165, 1.54) is 16.9 Å². The molecule has 116 valence electrons. The van der Waals surface area contributed by atoms with Gasteiger partial charge in [-0.3, -0.25) is 4.79 Å². The normalized spacial score (nSPS) is 10.5. The quantitative estimate of drug-likeness (QED) is 0.656. The Bertz CT molecular complexity index is 817. The zero-order valence-corrected chi connectivity index (χ0v) is 13.9. The lowest BCUT2D eigenvalue weighted by Crippen LogP contribution is -2.20. The van der Waals surface area contributed by atoms with Crippen molar-refractivity contribution in [3.05, 3.63) is 57.9 Å². The van der Waals surface area contributed by atoms with Gasteiger partial charge in [-0.1, -0.05) is 0 Å². The fourth-order valence-corrected chi connectivity index (χ4v) is 2.25. The van der Waals surface area contributed by atoms with E-state index < -0.39 is 0 Å². The van der Waals surface area contributed by atoms with Crippen LogP contribution in [0.1, 0.15) is 0 Å². The molecule has 0 saturated carbocycles. The number of benzene rings is 2. The lowest BCUT2D eigenvalue weighted by Gasteiger charge is -2.04. The number of carbonyl (C=O) groups is 1. The van der Waals surface area contributed by atoms with Gasteiger partial charge in [0.25, 0.3) is 0 Å². The van der Waals surface area contributed by atoms with Gasteiger partial charge in [0.1, 0.15) is 12.4 Å². The maximum absolute atomic E-state index is 12.9. The molecule has 0 aliphatic rings. The minimum absolute atomic E-state index is 0.0554. The second-order valence-electron chi connectivity index (χ2n) is 4.71. The fourth-order valence-electron chi connectivity index (χ4n) is 1.89. The summed E-state index contributed by atoms with van der Waals surface area (Å²) >= 11 is 2.19. The van der Waals surface area contributed by atoms with Crippen molar-refractivity contribution < 1.29 is 9.18 Å². The van der Waals surface area contributed by atoms with Crippen LogP contribution < -0.4 is 5.32 Å². The number of halogens is 2. The first kappa shape index (κ1) is 15.5. The SMILES string of the molecule is O=C(Cn1nnc(-c2ccc(F)cc2)n1)Nc1ccc(I)cc1. The molecular formula is C15H11FIN5O. The minimum atomic E-state index is -0.335. The molecule has 0 bridgehead atoms. The van der Waals surface area contributed by atoms with Crippen LogP contribution in [-0.4, -0.2) is 26.1 Å². The summed E-state index contributed by atoms with van der Waals surface area (Å²) in [6.07, 6.45) is 0. The Balaban J connectivity index is 1.65. The van der Waals surface area contributed by atoms with Gasteiger partial charge in [0.05, 0.1) is 0 Å². The summed E-state index contributed by atoms with van der Waals surface area (Å²) in [7, 11) is 0. The number of hydrogen-bond acceptors (Lipinski definition) is 4. The Kier molecular flexibility index (Phi) is 4.60. The topological polar surface area (TPSA) is 72.7 Å². The maximum atomic E-state index is 12.9. The Morgan fingerprint density at radius 1 is 1.13 bits per heavy atom. The summed E-state index contributed by atoms with van der Waals surface area (Å²) in [5.74, 6) is -0.251. The highest BCUT2D eigenvalue weighted by Crippen LogP contribution is 2.14. The molecule has 0 unspecified atom stereocenters. The van der Waals surface area contributed by atoms with Crippen LogP contribution in [0.4, 0.5) is 10.1 Å². The van der Waals surface area contributed by atoms with Gasteiger partial charge in [-0.15, -0.1) is 10.2 Å². The second-order valence-corrected chi connectivity index (χ2v) is 5.95. The molecule has 0 atom stereocenters. The number of nitrogens with zero attached hydrogens (tertiary/aromatic N) is 4. The molecule has 2 aromatic carbocycles. The van der Waals surface area contributed by atoms with Crippen LogP contribution in [0.3, 0.4) is 0 Å². The van der Waals surface area contributed by atoms with E-state index in [-0.39, 0.29) is 18.3 Å². The van der Waals surface area contributed by atoms with Crippen LogP contribution >= 0.6 is 22.6 Å². The van der Waals surface area contributed by atoms with Crippen LogP contribution in [0.15, 0.2) is 48.5 Å². The molecule has 3 rings (SSSR count). The van der Waals surface area contributed by atoms with E-state index in [2.05, 4.69) is 43.3 Å². The van der Waals surface area contributed by atoms with E-state index in [1.807, 2.05) is 24.3 Å². The molecule has 0 spiro atoms. The lowest BCUT2D eigenvalue weighted by atomic mass is 10.2. The van der Waals surface area contributed by atoms with E-state index in [9.17, 15) is 9.18 Å². The molecule has 6 nitrogen and oxygen atoms in total. The van der Waals surface area contributed by atoms with E-state index >= 15 is 0 Å². The number of hydrogen-bond donors (Lipinski definition) is 1. The van der Waals surface area contributed by atoms with Crippen molar-refractivity contribution >= 4 is 34.2 Å². The van der Waals surface area contributed by atoms with E-state index in [1.54, 1.807) is 12.1 Å². The van der Waals surface area contributed by atoms with Crippen molar-refractivity contribution in [2.45, 2.75) is 6.54 Å². The van der Waals surface area contributed by atoms with Crippen LogP contribution in [0, 0.1) is 9.39 Å². The van der Waals surface area contributed by atoms with Crippen LogP contribution in [-0.2, 0) is 11.3 Å². The molecule has 0 aliphatic carbocycles. The highest BCUT2D eigenvalue weighted by Gasteiger charge is 2.09. The van der Waals surface area contributed by atoms with Crippen LogP contribution in [0.25, 0.3) is 11.4 Å². The molecule has 3 aromatic rings. The predicted molar refractivity (Wildman–Crippen MR) is 91.0 cm³/mol. The molecule has 1 heterocycles. The molecule has 0 fully saturated rings. The van der Waals surface area contributed by atoms with E-state index in [0.29, 0.717) is 17.1 Å². The third-order valence-electron chi connectivity index (χ3n) is 2.97. The van der Waals surface area contributed by atoms with Gasteiger partial charge in [-0.25, -0.2) is 4.39 Å². The van der Waals surface area contributed by atoms with Crippen molar-refractivity contribution in [3.8, 4) is 11.4 Å². The summed E-state index contributed by atoms with van der Waals surface area (Å²) in [6.45, 7) is -0.0554. The number of tetrazole rings is 1. The summed E-state index contributed by atoms with van der Waals surface area (Å²) < 4.78 is 14.0. The molecule has 1 N–H and O–H groups in total. The number of anilines is 1. The number of aromatic nitrogens is 4. The molecular weight excluding hydrogens is 412 g/mol. The van der Waals surface area contributed by atoms with Gasteiger partial charge in [0.2, 0.25) is 11.7 Å². The zero-order valence-electron chi connectivity index (χ0n) is 11.8. The minimum Gasteiger partial charge on any atom is -0.324 e. The molecule has 0 aliphatic heterocycles. The fraction of sp³-hybridized carbons (Fsp3) is 0.0667. The highest BCUT2D eigenvalue weighted by molar-refractivity contribution is 14.1. The second kappa shape index (κ2) is 6.82. The number of carbonyl (C=O) groups excluding carboxylic acids is 1. The highest BCUT2D eigenvalue weighted by atomic mass is 127. The first-order valence-electron chi connectivity index (χ1n) is 6.69. The van der Waals surface area contributed by atoms with Gasteiger partial charge in [-0.2, -0.15) is 4.80 Å². The van der Waals surface area contributed by atoms with Crippen LogP contribution in [0.2, 0.25) is 0 Å². The molecule has 23 heavy (non-hydrogen) atoms. The molecule has 1 aromatic heterocycles. The van der Waals surface area contributed by atoms with Gasteiger partial charge >= 0.3 is 0 Å². The monoisotopic (exact) mass is 423 g/mol. The summed E-state index contributed by atoms with van der Waals surface area (Å²) in [6, 6.07) is 13.2. The molecule has 1 amide bonds. The number of rotatable bonds is 4. The first-order chi connectivity index (χ1) is 11.1. The predicted octanol–water partition coefficient (Wildman–Crippen LogP) is 2.72. The van der Waals surface area contributed by atoms with Crippen molar-refractivity contribution in [2.75, 3.05) is 5.32 Å². The summed E-state index contributed by atoms with van der Waals surface area (Å²) in [5, 5.41) is 14.6. The van der Waals surface area contributed by atoms with Crippen molar-refractivity contribution in [2.24, 2.45) is 0 Å². The Hall–Kier alpha value is -2.36. The molecule has 0 radical (unpaired) electrons. The largest absolute Gasteiger partial charge is 0.324 e. The van der Waals surface area contributed by atoms with Crippen molar-refractivity contribution in [3.63, 3.8) is 0 Å². The van der Waals surface area contributed by atoms with Gasteiger partial charge in [-0.05, 0) is 76.3 Å². The van der Waals surface area contributed by atoms with E-state index in [4.69, 9.17) is 0 Å². The number of amides is 1. The zero-order chi connectivity index (χ0) is 16.2. The Morgan fingerprint density at radius 2 is 1.83 bits per heavy atom. The van der Waals surface area contributed by atoms with Gasteiger partial charge in [0.15, 0.2) is 0 Å². The van der Waals surface area contributed by atoms with Gasteiger partial charge in [0, 0.05) is 14.8 Å². The first-order valence-corrected chi connectivity index (χ1v) is 7.77. The average molecular weight is 423 g/mol. The summed E-state index contributed by atoms with van der Waals surface area (Å²) in [5.41, 5.74) is 1.34. The molecule has 8 heteroatoms. The third kappa shape index (κ3) is 4.09. The summed E-state index contributed by atoms with van der Waals surface area (Å²) in [4.78, 5) is 13.2. The number of nitrogens with one attached hydrogen (secondary N) is 1. The molecule has 0 saturated heterocycles. The lowest BCUT2D eigenvalue weighted by molar-refractivity contribution is -0.117.